The second kappa shape index (κ2) is 11.2. The molecular weight excluding hydrogens is 494 g/mol. The van der Waals surface area contributed by atoms with Gasteiger partial charge in [0.05, 0.1) is 23.6 Å². The number of fused-ring (bicyclic) bond motifs is 1. The van der Waals surface area contributed by atoms with E-state index in [1.54, 1.807) is 19.9 Å². The van der Waals surface area contributed by atoms with Crippen LogP contribution in [0.5, 0.6) is 5.75 Å². The van der Waals surface area contributed by atoms with E-state index in [1.165, 1.54) is 24.3 Å². The summed E-state index contributed by atoms with van der Waals surface area (Å²) in [5, 5.41) is 31.4. The van der Waals surface area contributed by atoms with Crippen LogP contribution in [0.15, 0.2) is 48.1 Å². The van der Waals surface area contributed by atoms with Crippen molar-refractivity contribution < 1.29 is 38.9 Å². The Morgan fingerprint density at radius 3 is 2.55 bits per heavy atom. The maximum absolute atomic E-state index is 13.3. The van der Waals surface area contributed by atoms with Gasteiger partial charge in [0, 0.05) is 30.9 Å². The van der Waals surface area contributed by atoms with Gasteiger partial charge in [-0.15, -0.1) is 0 Å². The third-order valence-corrected chi connectivity index (χ3v) is 7.60. The molecule has 0 saturated carbocycles. The Kier molecular flexibility index (Phi) is 8.22. The molecule has 4 rings (SSSR count). The first-order valence-corrected chi connectivity index (χ1v) is 13.0. The van der Waals surface area contributed by atoms with Crippen molar-refractivity contribution >= 4 is 17.6 Å². The number of nitrogens with zero attached hydrogens (tertiary/aromatic N) is 1. The number of benzene rings is 1. The fraction of sp³-hybridized carbons (Fsp3) is 0.571. The molecule has 0 radical (unpaired) electrons. The van der Waals surface area contributed by atoms with Crippen molar-refractivity contribution in [2.24, 2.45) is 17.8 Å². The minimum Gasteiger partial charge on any atom is -0.476 e. The van der Waals surface area contributed by atoms with Gasteiger partial charge in [0.25, 0.3) is 5.69 Å². The number of cyclic esters (lactones) is 1. The molecule has 0 spiro atoms. The van der Waals surface area contributed by atoms with Crippen LogP contribution in [0.1, 0.15) is 52.9 Å². The number of aliphatic hydroxyl groups is 2. The number of aliphatic hydroxyl groups excluding tert-OH is 2. The molecule has 0 amide bonds. The molecule has 7 atom stereocenters. The van der Waals surface area contributed by atoms with Crippen molar-refractivity contribution in [2.75, 3.05) is 0 Å². The first-order chi connectivity index (χ1) is 17.9. The highest BCUT2D eigenvalue weighted by Crippen LogP contribution is 2.44. The SMILES string of the molecule is CC1C=CC2=CC(O)CC(OC(=O)C(C)(C)Oc3ccc([N+](=O)[O-])cc3)C2C1CC[C@@H]1C[C@@H](O)CC(=O)O1. The van der Waals surface area contributed by atoms with E-state index in [-0.39, 0.29) is 48.1 Å². The highest BCUT2D eigenvalue weighted by Gasteiger charge is 2.44. The zero-order valence-electron chi connectivity index (χ0n) is 21.8. The summed E-state index contributed by atoms with van der Waals surface area (Å²) in [7, 11) is 0. The maximum atomic E-state index is 13.3. The number of hydrogen-bond donors (Lipinski definition) is 2. The second-order valence-corrected chi connectivity index (χ2v) is 11.0. The first-order valence-electron chi connectivity index (χ1n) is 13.0. The van der Waals surface area contributed by atoms with Gasteiger partial charge in [-0.25, -0.2) is 4.79 Å². The van der Waals surface area contributed by atoms with Crippen LogP contribution in [-0.4, -0.2) is 57.1 Å². The summed E-state index contributed by atoms with van der Waals surface area (Å²) in [5.74, 6) is -0.663. The number of nitro groups is 1. The van der Waals surface area contributed by atoms with Gasteiger partial charge in [0.2, 0.25) is 0 Å². The Morgan fingerprint density at radius 1 is 1.18 bits per heavy atom. The van der Waals surface area contributed by atoms with E-state index >= 15 is 0 Å². The molecule has 0 bridgehead atoms. The topological polar surface area (TPSA) is 145 Å². The van der Waals surface area contributed by atoms with Crippen molar-refractivity contribution in [3.63, 3.8) is 0 Å². The van der Waals surface area contributed by atoms with Gasteiger partial charge in [-0.2, -0.15) is 0 Å². The third kappa shape index (κ3) is 6.42. The van der Waals surface area contributed by atoms with Crippen LogP contribution in [-0.2, 0) is 19.1 Å². The number of hydrogen-bond acceptors (Lipinski definition) is 9. The first kappa shape index (κ1) is 27.8. The summed E-state index contributed by atoms with van der Waals surface area (Å²) < 4.78 is 17.3. The number of nitro benzene ring substituents is 1. The number of carbonyl (C=O) groups excluding carboxylic acids is 2. The molecule has 38 heavy (non-hydrogen) atoms. The van der Waals surface area contributed by atoms with Crippen molar-refractivity contribution in [3.8, 4) is 5.75 Å². The average Bonchev–Trinajstić information content (AvgIpc) is 2.83. The third-order valence-electron chi connectivity index (χ3n) is 7.60. The van der Waals surface area contributed by atoms with E-state index in [1.807, 2.05) is 6.08 Å². The lowest BCUT2D eigenvalue weighted by molar-refractivity contribution is -0.384. The number of allylic oxidation sites excluding steroid dienone is 2. The lowest BCUT2D eigenvalue weighted by Gasteiger charge is -2.43. The molecule has 1 aromatic rings. The van der Waals surface area contributed by atoms with E-state index < -0.39 is 40.8 Å². The van der Waals surface area contributed by atoms with Crippen LogP contribution in [0.3, 0.4) is 0 Å². The van der Waals surface area contributed by atoms with Gasteiger partial charge >= 0.3 is 11.9 Å². The molecule has 1 heterocycles. The quantitative estimate of drug-likeness (QED) is 0.293. The molecule has 1 fully saturated rings. The van der Waals surface area contributed by atoms with E-state index in [4.69, 9.17) is 14.2 Å². The van der Waals surface area contributed by atoms with Crippen molar-refractivity contribution in [2.45, 2.75) is 82.9 Å². The van der Waals surface area contributed by atoms with Crippen LogP contribution in [0.25, 0.3) is 0 Å². The predicted molar refractivity (Wildman–Crippen MR) is 136 cm³/mol. The fourth-order valence-electron chi connectivity index (χ4n) is 5.65. The molecule has 3 aliphatic rings. The van der Waals surface area contributed by atoms with Crippen LogP contribution in [0, 0.1) is 27.9 Å². The van der Waals surface area contributed by atoms with Crippen molar-refractivity contribution in [3.05, 3.63) is 58.2 Å². The highest BCUT2D eigenvalue weighted by atomic mass is 16.6. The van der Waals surface area contributed by atoms with E-state index in [2.05, 4.69) is 13.0 Å². The smallest absolute Gasteiger partial charge is 0.350 e. The average molecular weight is 530 g/mol. The Bertz CT molecular complexity index is 1110. The van der Waals surface area contributed by atoms with Crippen molar-refractivity contribution in [1.29, 1.82) is 0 Å². The van der Waals surface area contributed by atoms with Gasteiger partial charge in [-0.1, -0.05) is 25.2 Å². The van der Waals surface area contributed by atoms with Gasteiger partial charge in [-0.05, 0) is 56.2 Å². The summed E-state index contributed by atoms with van der Waals surface area (Å²) >= 11 is 0. The largest absolute Gasteiger partial charge is 0.476 e. The summed E-state index contributed by atoms with van der Waals surface area (Å²) in [5.41, 5.74) is -0.573. The molecule has 2 aliphatic carbocycles. The normalized spacial score (nSPS) is 31.0. The van der Waals surface area contributed by atoms with E-state index in [9.17, 15) is 29.9 Å². The standard InChI is InChI=1S/C28H35NO9/c1-16-4-5-17-12-19(30)14-24(26(17)23(16)11-10-22-13-20(31)15-25(32)36-22)37-27(33)28(2,3)38-21-8-6-18(7-9-21)29(34)35/h4-9,12,16,19-20,22-24,26,30-31H,10-11,13-15H2,1-3H3/t16?,19?,20-,22-,23?,24?,26?/m1/s1. The van der Waals surface area contributed by atoms with Gasteiger partial charge < -0.3 is 24.4 Å². The van der Waals surface area contributed by atoms with Crippen LogP contribution >= 0.6 is 0 Å². The predicted octanol–water partition coefficient (Wildman–Crippen LogP) is 3.64. The Hall–Kier alpha value is -3.24. The zero-order chi connectivity index (χ0) is 27.6. The minimum atomic E-state index is -1.39. The monoisotopic (exact) mass is 529 g/mol. The molecule has 10 heteroatoms. The minimum absolute atomic E-state index is 0.0161. The molecule has 1 aliphatic heterocycles. The zero-order valence-corrected chi connectivity index (χ0v) is 21.8. The Balaban J connectivity index is 1.47. The van der Waals surface area contributed by atoms with Crippen LogP contribution < -0.4 is 4.74 Å². The number of ether oxygens (including phenoxy) is 3. The maximum Gasteiger partial charge on any atom is 0.350 e. The summed E-state index contributed by atoms with van der Waals surface area (Å²) in [6, 6.07) is 5.45. The lowest BCUT2D eigenvalue weighted by Crippen LogP contribution is -2.47. The van der Waals surface area contributed by atoms with E-state index in [0.29, 0.717) is 19.3 Å². The van der Waals surface area contributed by atoms with Crippen LogP contribution in [0.2, 0.25) is 0 Å². The Labute approximate surface area is 221 Å². The Morgan fingerprint density at radius 2 is 1.89 bits per heavy atom. The second-order valence-electron chi connectivity index (χ2n) is 11.0. The number of non-ortho nitro benzene ring substituents is 1. The van der Waals surface area contributed by atoms with Crippen molar-refractivity contribution in [1.82, 2.24) is 0 Å². The molecule has 2 N–H and O–H groups in total. The van der Waals surface area contributed by atoms with Crippen LogP contribution in [0.4, 0.5) is 5.69 Å². The lowest BCUT2D eigenvalue weighted by atomic mass is 9.66. The van der Waals surface area contributed by atoms with E-state index in [0.717, 1.165) is 5.57 Å². The fourth-order valence-corrected chi connectivity index (χ4v) is 5.65. The molecule has 10 nitrogen and oxygen atoms in total. The van der Waals surface area contributed by atoms with Gasteiger partial charge in [0.1, 0.15) is 18.0 Å². The molecule has 1 saturated heterocycles. The molecule has 0 aromatic heterocycles. The molecule has 206 valence electrons. The highest BCUT2D eigenvalue weighted by molar-refractivity contribution is 5.79. The van der Waals surface area contributed by atoms with Gasteiger partial charge in [0.15, 0.2) is 5.60 Å². The summed E-state index contributed by atoms with van der Waals surface area (Å²) in [6.45, 7) is 5.22. The number of esters is 2. The van der Waals surface area contributed by atoms with Gasteiger partial charge in [-0.3, -0.25) is 14.9 Å². The summed E-state index contributed by atoms with van der Waals surface area (Å²) in [6.07, 6.45) is 5.33. The molecular formula is C28H35NO9. The number of carbonyl (C=O) groups is 2. The summed E-state index contributed by atoms with van der Waals surface area (Å²) in [4.78, 5) is 35.5. The number of rotatable bonds is 8. The molecule has 1 aromatic carbocycles. The molecule has 5 unspecified atom stereocenters.